The molecule has 0 aliphatic heterocycles. The van der Waals surface area contributed by atoms with Gasteiger partial charge in [0.1, 0.15) is 0 Å². The molecular formula is C9H16N2O. The van der Waals surface area contributed by atoms with E-state index in [1.165, 1.54) is 0 Å². The molecule has 0 atom stereocenters. The van der Waals surface area contributed by atoms with Crippen molar-refractivity contribution in [1.82, 2.24) is 5.32 Å². The predicted octanol–water partition coefficient (Wildman–Crippen LogP) is 1.60. The Labute approximate surface area is 73.8 Å². The molecule has 0 aliphatic rings. The molecule has 0 saturated carbocycles. The van der Waals surface area contributed by atoms with E-state index < -0.39 is 0 Å². The minimum Gasteiger partial charge on any atom is -0.356 e. The Kier molecular flexibility index (Phi) is 7.36. The summed E-state index contributed by atoms with van der Waals surface area (Å²) in [5.74, 6) is 0.120. The first kappa shape index (κ1) is 11.0. The van der Waals surface area contributed by atoms with Crippen LogP contribution in [0.4, 0.5) is 0 Å². The van der Waals surface area contributed by atoms with Crippen LogP contribution in [0.1, 0.15) is 39.0 Å². The van der Waals surface area contributed by atoms with Gasteiger partial charge in [-0.15, -0.1) is 0 Å². The van der Waals surface area contributed by atoms with Gasteiger partial charge < -0.3 is 5.32 Å². The average molecular weight is 168 g/mol. The minimum absolute atomic E-state index is 0.120. The van der Waals surface area contributed by atoms with E-state index in [1.807, 2.05) is 6.92 Å². The molecule has 0 heterocycles. The zero-order valence-electron chi connectivity index (χ0n) is 7.60. The van der Waals surface area contributed by atoms with Crippen molar-refractivity contribution in [1.29, 1.82) is 5.26 Å². The predicted molar refractivity (Wildman–Crippen MR) is 47.4 cm³/mol. The molecule has 0 bridgehead atoms. The normalized spacial score (nSPS) is 9.00. The fraction of sp³-hybridized carbons (Fsp3) is 0.778. The van der Waals surface area contributed by atoms with Crippen molar-refractivity contribution in [2.45, 2.75) is 39.0 Å². The number of nitriles is 1. The molecule has 0 aromatic carbocycles. The van der Waals surface area contributed by atoms with Gasteiger partial charge in [0.2, 0.25) is 5.91 Å². The summed E-state index contributed by atoms with van der Waals surface area (Å²) in [6, 6.07) is 2.07. The second-order valence-corrected chi connectivity index (χ2v) is 2.72. The van der Waals surface area contributed by atoms with Gasteiger partial charge in [-0.25, -0.2) is 0 Å². The molecule has 3 nitrogen and oxygen atoms in total. The Morgan fingerprint density at radius 2 is 2.25 bits per heavy atom. The summed E-state index contributed by atoms with van der Waals surface area (Å²) in [4.78, 5) is 10.9. The fourth-order valence-electron chi connectivity index (χ4n) is 0.872. The van der Waals surface area contributed by atoms with Crippen LogP contribution in [0.5, 0.6) is 0 Å². The van der Waals surface area contributed by atoms with Crippen LogP contribution >= 0.6 is 0 Å². The highest BCUT2D eigenvalue weighted by atomic mass is 16.1. The molecule has 0 aromatic rings. The summed E-state index contributed by atoms with van der Waals surface area (Å²) in [6.07, 6.45) is 3.87. The Balaban J connectivity index is 3.09. The first-order valence-corrected chi connectivity index (χ1v) is 4.45. The third-order valence-corrected chi connectivity index (χ3v) is 1.51. The van der Waals surface area contributed by atoms with Gasteiger partial charge in [-0.3, -0.25) is 4.79 Å². The Hall–Kier alpha value is -1.04. The smallest absolute Gasteiger partial charge is 0.219 e. The van der Waals surface area contributed by atoms with E-state index in [4.69, 9.17) is 5.26 Å². The summed E-state index contributed by atoms with van der Waals surface area (Å²) in [5, 5.41) is 11.0. The van der Waals surface area contributed by atoms with E-state index in [2.05, 4.69) is 11.4 Å². The van der Waals surface area contributed by atoms with Gasteiger partial charge >= 0.3 is 0 Å². The standard InChI is InChI=1S/C9H16N2O/c1-2-6-9(12)11-8-5-3-4-7-10/h2-6,8H2,1H3,(H,11,12). The van der Waals surface area contributed by atoms with E-state index >= 15 is 0 Å². The number of nitrogens with one attached hydrogen (secondary N) is 1. The monoisotopic (exact) mass is 168 g/mol. The lowest BCUT2D eigenvalue weighted by molar-refractivity contribution is -0.121. The highest BCUT2D eigenvalue weighted by Crippen LogP contribution is 1.92. The maximum atomic E-state index is 10.9. The average Bonchev–Trinajstić information content (AvgIpc) is 2.05. The molecule has 0 spiro atoms. The molecule has 3 heteroatoms. The van der Waals surface area contributed by atoms with Crippen LogP contribution in [0.3, 0.4) is 0 Å². The molecule has 68 valence electrons. The molecule has 1 N–H and O–H groups in total. The van der Waals surface area contributed by atoms with Crippen molar-refractivity contribution in [3.05, 3.63) is 0 Å². The van der Waals surface area contributed by atoms with Crippen LogP contribution in [0.25, 0.3) is 0 Å². The summed E-state index contributed by atoms with van der Waals surface area (Å²) in [6.45, 7) is 2.69. The zero-order chi connectivity index (χ0) is 9.23. The molecule has 0 aromatic heterocycles. The zero-order valence-corrected chi connectivity index (χ0v) is 7.60. The number of hydrogen-bond donors (Lipinski definition) is 1. The van der Waals surface area contributed by atoms with Gasteiger partial charge in [0, 0.05) is 19.4 Å². The van der Waals surface area contributed by atoms with Gasteiger partial charge in [0.25, 0.3) is 0 Å². The number of nitrogens with zero attached hydrogens (tertiary/aromatic N) is 1. The number of unbranched alkanes of at least 4 members (excludes halogenated alkanes) is 2. The van der Waals surface area contributed by atoms with Crippen LogP contribution in [-0.2, 0) is 4.79 Å². The summed E-state index contributed by atoms with van der Waals surface area (Å²) >= 11 is 0. The van der Waals surface area contributed by atoms with Crippen molar-refractivity contribution in [2.24, 2.45) is 0 Å². The van der Waals surface area contributed by atoms with Gasteiger partial charge in [-0.1, -0.05) is 6.92 Å². The van der Waals surface area contributed by atoms with Crippen LogP contribution in [0.2, 0.25) is 0 Å². The first-order chi connectivity index (χ1) is 5.81. The molecule has 0 rings (SSSR count). The number of carbonyl (C=O) groups is 1. The van der Waals surface area contributed by atoms with Crippen LogP contribution < -0.4 is 5.32 Å². The SMILES string of the molecule is CCCC(=O)NCCCCC#N. The van der Waals surface area contributed by atoms with Crippen LogP contribution in [0.15, 0.2) is 0 Å². The fourth-order valence-corrected chi connectivity index (χ4v) is 0.872. The summed E-state index contributed by atoms with van der Waals surface area (Å²) in [7, 11) is 0. The summed E-state index contributed by atoms with van der Waals surface area (Å²) < 4.78 is 0. The second-order valence-electron chi connectivity index (χ2n) is 2.72. The largest absolute Gasteiger partial charge is 0.356 e. The Bertz CT molecular complexity index is 160. The molecule has 0 radical (unpaired) electrons. The Morgan fingerprint density at radius 1 is 1.50 bits per heavy atom. The van der Waals surface area contributed by atoms with E-state index in [1.54, 1.807) is 0 Å². The number of carbonyl (C=O) groups excluding carboxylic acids is 1. The molecular weight excluding hydrogens is 152 g/mol. The van der Waals surface area contributed by atoms with Gasteiger partial charge in [0.05, 0.1) is 6.07 Å². The van der Waals surface area contributed by atoms with Crippen molar-refractivity contribution in [2.75, 3.05) is 6.54 Å². The molecule has 1 amide bonds. The van der Waals surface area contributed by atoms with E-state index in [0.717, 1.165) is 19.3 Å². The van der Waals surface area contributed by atoms with Gasteiger partial charge in [-0.2, -0.15) is 5.26 Å². The molecule has 0 unspecified atom stereocenters. The lowest BCUT2D eigenvalue weighted by Crippen LogP contribution is -2.23. The van der Waals surface area contributed by atoms with Crippen molar-refractivity contribution >= 4 is 5.91 Å². The Morgan fingerprint density at radius 3 is 2.83 bits per heavy atom. The maximum absolute atomic E-state index is 10.9. The van der Waals surface area contributed by atoms with Crippen LogP contribution in [-0.4, -0.2) is 12.5 Å². The van der Waals surface area contributed by atoms with Crippen molar-refractivity contribution in [3.8, 4) is 6.07 Å². The number of hydrogen-bond acceptors (Lipinski definition) is 2. The molecule has 0 saturated heterocycles. The molecule has 0 aliphatic carbocycles. The lowest BCUT2D eigenvalue weighted by Gasteiger charge is -2.01. The van der Waals surface area contributed by atoms with E-state index in [0.29, 0.717) is 19.4 Å². The minimum atomic E-state index is 0.120. The third-order valence-electron chi connectivity index (χ3n) is 1.51. The molecule has 0 fully saturated rings. The van der Waals surface area contributed by atoms with Crippen LogP contribution in [0, 0.1) is 11.3 Å². The molecule has 12 heavy (non-hydrogen) atoms. The van der Waals surface area contributed by atoms with E-state index in [9.17, 15) is 4.79 Å². The topological polar surface area (TPSA) is 52.9 Å². The highest BCUT2D eigenvalue weighted by molar-refractivity contribution is 5.75. The van der Waals surface area contributed by atoms with Crippen molar-refractivity contribution in [3.63, 3.8) is 0 Å². The third kappa shape index (κ3) is 7.07. The van der Waals surface area contributed by atoms with E-state index in [-0.39, 0.29) is 5.91 Å². The number of rotatable bonds is 6. The van der Waals surface area contributed by atoms with Gasteiger partial charge in [0.15, 0.2) is 0 Å². The highest BCUT2D eigenvalue weighted by Gasteiger charge is 1.96. The second kappa shape index (κ2) is 8.06. The first-order valence-electron chi connectivity index (χ1n) is 4.45. The number of amides is 1. The quantitative estimate of drug-likeness (QED) is 0.612. The lowest BCUT2D eigenvalue weighted by atomic mass is 10.2. The van der Waals surface area contributed by atoms with Gasteiger partial charge in [-0.05, 0) is 19.3 Å². The van der Waals surface area contributed by atoms with Crippen molar-refractivity contribution < 1.29 is 4.79 Å². The summed E-state index contributed by atoms with van der Waals surface area (Å²) in [5.41, 5.74) is 0. The maximum Gasteiger partial charge on any atom is 0.219 e.